The molecular weight excluding hydrogens is 286 g/mol. The fraction of sp³-hybridized carbons (Fsp3) is 0.500. The molecule has 0 aromatic heterocycles. The van der Waals surface area contributed by atoms with Crippen LogP contribution in [0.4, 0.5) is 0 Å². The van der Waals surface area contributed by atoms with Crippen LogP contribution in [0.2, 0.25) is 0 Å². The van der Waals surface area contributed by atoms with E-state index in [1.165, 1.54) is 0 Å². The van der Waals surface area contributed by atoms with E-state index in [1.54, 1.807) is 7.11 Å². The lowest BCUT2D eigenvalue weighted by molar-refractivity contribution is -0.145. The van der Waals surface area contributed by atoms with Crippen LogP contribution in [-0.4, -0.2) is 30.2 Å². The van der Waals surface area contributed by atoms with Gasteiger partial charge in [0.1, 0.15) is 18.4 Å². The predicted octanol–water partition coefficient (Wildman–Crippen LogP) is 2.10. The second-order valence-corrected chi connectivity index (χ2v) is 5.05. The Bertz CT molecular complexity index is 472. The van der Waals surface area contributed by atoms with Crippen LogP contribution in [0.5, 0.6) is 5.75 Å². The maximum Gasteiger partial charge on any atom is 0.320 e. The Balaban J connectivity index is 2.11. The zero-order valence-electron chi connectivity index (χ0n) is 12.8. The number of rotatable bonds is 10. The fourth-order valence-electron chi connectivity index (χ4n) is 1.89. The van der Waals surface area contributed by atoms with E-state index in [0.29, 0.717) is 25.7 Å². The van der Waals surface area contributed by atoms with Gasteiger partial charge in [-0.3, -0.25) is 9.59 Å². The molecule has 0 radical (unpaired) electrons. The minimum Gasteiger partial charge on any atom is -0.497 e. The molecule has 22 heavy (non-hydrogen) atoms. The first-order valence-electron chi connectivity index (χ1n) is 7.30. The predicted molar refractivity (Wildman–Crippen MR) is 81.5 cm³/mol. The molecule has 0 aliphatic carbocycles. The summed E-state index contributed by atoms with van der Waals surface area (Å²) in [5.41, 5.74) is 6.30. The third kappa shape index (κ3) is 7.08. The van der Waals surface area contributed by atoms with Gasteiger partial charge in [0.05, 0.1) is 7.11 Å². The standard InChI is InChI=1S/C16H23NO5/c1-21-13-9-7-12(8-10-13)11-22-15(18)6-4-2-3-5-14(17)16(19)20/h7-10,14H,2-6,11,17H2,1H3,(H,19,20)/t14-/m0/s1. The van der Waals surface area contributed by atoms with Gasteiger partial charge in [-0.05, 0) is 30.5 Å². The summed E-state index contributed by atoms with van der Waals surface area (Å²) in [6.07, 6.45) is 2.89. The van der Waals surface area contributed by atoms with E-state index in [1.807, 2.05) is 24.3 Å². The van der Waals surface area contributed by atoms with Crippen LogP contribution in [0.25, 0.3) is 0 Å². The Morgan fingerprint density at radius 3 is 2.45 bits per heavy atom. The summed E-state index contributed by atoms with van der Waals surface area (Å²) < 4.78 is 10.2. The molecule has 0 saturated heterocycles. The van der Waals surface area contributed by atoms with Crippen molar-refractivity contribution >= 4 is 11.9 Å². The molecule has 0 saturated carbocycles. The van der Waals surface area contributed by atoms with E-state index < -0.39 is 12.0 Å². The average molecular weight is 309 g/mol. The Morgan fingerprint density at radius 1 is 1.18 bits per heavy atom. The van der Waals surface area contributed by atoms with Gasteiger partial charge in [0.2, 0.25) is 0 Å². The smallest absolute Gasteiger partial charge is 0.320 e. The molecule has 122 valence electrons. The lowest BCUT2D eigenvalue weighted by atomic mass is 10.1. The first-order valence-corrected chi connectivity index (χ1v) is 7.30. The van der Waals surface area contributed by atoms with Crippen molar-refractivity contribution in [2.75, 3.05) is 7.11 Å². The van der Waals surface area contributed by atoms with Crippen LogP contribution >= 0.6 is 0 Å². The zero-order chi connectivity index (χ0) is 16.4. The normalized spacial score (nSPS) is 11.7. The number of carbonyl (C=O) groups excluding carboxylic acids is 1. The van der Waals surface area contributed by atoms with Gasteiger partial charge in [-0.2, -0.15) is 0 Å². The maximum atomic E-state index is 11.6. The molecule has 0 spiro atoms. The molecule has 1 rings (SSSR count). The zero-order valence-corrected chi connectivity index (χ0v) is 12.8. The van der Waals surface area contributed by atoms with Crippen LogP contribution < -0.4 is 10.5 Å². The number of carboxylic acids is 1. The summed E-state index contributed by atoms with van der Waals surface area (Å²) in [5.74, 6) is -0.480. The van der Waals surface area contributed by atoms with Gasteiger partial charge in [0.25, 0.3) is 0 Å². The molecule has 0 fully saturated rings. The number of methoxy groups -OCH3 is 1. The minimum atomic E-state index is -0.987. The highest BCUT2D eigenvalue weighted by Crippen LogP contribution is 2.12. The van der Waals surface area contributed by atoms with E-state index in [9.17, 15) is 9.59 Å². The van der Waals surface area contributed by atoms with Crippen molar-refractivity contribution in [3.63, 3.8) is 0 Å². The highest BCUT2D eigenvalue weighted by atomic mass is 16.5. The summed E-state index contributed by atoms with van der Waals surface area (Å²) in [4.78, 5) is 22.1. The molecule has 3 N–H and O–H groups in total. The Hall–Kier alpha value is -2.08. The first-order chi connectivity index (χ1) is 10.5. The monoisotopic (exact) mass is 309 g/mol. The topological polar surface area (TPSA) is 98.9 Å². The van der Waals surface area contributed by atoms with Crippen molar-refractivity contribution in [3.05, 3.63) is 29.8 Å². The third-order valence-corrected chi connectivity index (χ3v) is 3.27. The van der Waals surface area contributed by atoms with E-state index >= 15 is 0 Å². The van der Waals surface area contributed by atoms with Crippen LogP contribution in [0.3, 0.4) is 0 Å². The van der Waals surface area contributed by atoms with E-state index in [2.05, 4.69) is 0 Å². The second kappa shape index (κ2) is 9.78. The van der Waals surface area contributed by atoms with E-state index in [-0.39, 0.29) is 12.6 Å². The lowest BCUT2D eigenvalue weighted by Gasteiger charge is -2.07. The highest BCUT2D eigenvalue weighted by molar-refractivity contribution is 5.72. The molecule has 0 aliphatic heterocycles. The second-order valence-electron chi connectivity index (χ2n) is 5.05. The lowest BCUT2D eigenvalue weighted by Crippen LogP contribution is -2.29. The number of carboxylic acid groups (broad SMARTS) is 1. The molecule has 1 aromatic rings. The molecule has 6 heteroatoms. The van der Waals surface area contributed by atoms with Gasteiger partial charge in [-0.1, -0.05) is 25.0 Å². The van der Waals surface area contributed by atoms with Crippen molar-refractivity contribution in [1.29, 1.82) is 0 Å². The SMILES string of the molecule is COc1ccc(COC(=O)CCCCC[C@H](N)C(=O)O)cc1. The molecule has 0 amide bonds. The number of hydrogen-bond donors (Lipinski definition) is 2. The molecule has 0 aliphatic rings. The fourth-order valence-corrected chi connectivity index (χ4v) is 1.89. The van der Waals surface area contributed by atoms with E-state index in [4.69, 9.17) is 20.3 Å². The van der Waals surface area contributed by atoms with Gasteiger partial charge in [-0.25, -0.2) is 0 Å². The Kier molecular flexibility index (Phi) is 7.99. The number of esters is 1. The minimum absolute atomic E-state index is 0.243. The Labute approximate surface area is 130 Å². The Morgan fingerprint density at radius 2 is 1.86 bits per heavy atom. The number of aliphatic carboxylic acids is 1. The molecule has 1 atom stereocenters. The number of benzene rings is 1. The number of hydrogen-bond acceptors (Lipinski definition) is 5. The van der Waals surface area contributed by atoms with Gasteiger partial charge in [0.15, 0.2) is 0 Å². The number of nitrogens with two attached hydrogens (primary N) is 1. The molecular formula is C16H23NO5. The van der Waals surface area contributed by atoms with Crippen molar-refractivity contribution in [2.24, 2.45) is 5.73 Å². The van der Waals surface area contributed by atoms with Gasteiger partial charge in [0, 0.05) is 6.42 Å². The van der Waals surface area contributed by atoms with Gasteiger partial charge < -0.3 is 20.3 Å². The molecule has 0 unspecified atom stereocenters. The molecule has 6 nitrogen and oxygen atoms in total. The van der Waals surface area contributed by atoms with Crippen molar-refractivity contribution < 1.29 is 24.2 Å². The summed E-state index contributed by atoms with van der Waals surface area (Å²) in [5, 5.41) is 8.63. The number of ether oxygens (including phenoxy) is 2. The number of unbranched alkanes of at least 4 members (excludes halogenated alkanes) is 2. The summed E-state index contributed by atoms with van der Waals surface area (Å²) in [6.45, 7) is 0.243. The van der Waals surface area contributed by atoms with Crippen LogP contribution in [0.1, 0.15) is 37.7 Å². The van der Waals surface area contributed by atoms with Crippen molar-refractivity contribution in [3.8, 4) is 5.75 Å². The van der Waals surface area contributed by atoms with Crippen LogP contribution in [-0.2, 0) is 20.9 Å². The number of carbonyl (C=O) groups is 2. The quantitative estimate of drug-likeness (QED) is 0.507. The summed E-state index contributed by atoms with van der Waals surface area (Å²) in [6, 6.07) is 6.50. The summed E-state index contributed by atoms with van der Waals surface area (Å²) in [7, 11) is 1.60. The third-order valence-electron chi connectivity index (χ3n) is 3.27. The van der Waals surface area contributed by atoms with Crippen molar-refractivity contribution in [2.45, 2.75) is 44.8 Å². The van der Waals surface area contributed by atoms with Gasteiger partial charge >= 0.3 is 11.9 Å². The maximum absolute atomic E-state index is 11.6. The molecule has 0 bridgehead atoms. The average Bonchev–Trinajstić information content (AvgIpc) is 2.52. The van der Waals surface area contributed by atoms with E-state index in [0.717, 1.165) is 17.7 Å². The molecule has 0 heterocycles. The van der Waals surface area contributed by atoms with Crippen LogP contribution in [0, 0.1) is 0 Å². The van der Waals surface area contributed by atoms with Crippen molar-refractivity contribution in [1.82, 2.24) is 0 Å². The molecule has 1 aromatic carbocycles. The van der Waals surface area contributed by atoms with Crippen LogP contribution in [0.15, 0.2) is 24.3 Å². The largest absolute Gasteiger partial charge is 0.497 e. The van der Waals surface area contributed by atoms with Gasteiger partial charge in [-0.15, -0.1) is 0 Å². The highest BCUT2D eigenvalue weighted by Gasteiger charge is 2.10. The summed E-state index contributed by atoms with van der Waals surface area (Å²) >= 11 is 0. The first kappa shape index (κ1) is 18.0.